The van der Waals surface area contributed by atoms with Crippen molar-refractivity contribution >= 4 is 34.7 Å². The van der Waals surface area contributed by atoms with Crippen molar-refractivity contribution in [1.82, 2.24) is 0 Å². The van der Waals surface area contributed by atoms with E-state index in [0.717, 1.165) is 5.69 Å². The first-order chi connectivity index (χ1) is 11.8. The summed E-state index contributed by atoms with van der Waals surface area (Å²) in [6.07, 6.45) is 0. The van der Waals surface area contributed by atoms with Gasteiger partial charge in [0, 0.05) is 29.5 Å². The van der Waals surface area contributed by atoms with Crippen LogP contribution in [0.15, 0.2) is 48.5 Å². The van der Waals surface area contributed by atoms with Crippen molar-refractivity contribution in [2.24, 2.45) is 0 Å². The Kier molecular flexibility index (Phi) is 5.89. The summed E-state index contributed by atoms with van der Waals surface area (Å²) in [7, 11) is 0. The lowest BCUT2D eigenvalue weighted by Crippen LogP contribution is -2.31. The Hall–Kier alpha value is -3.15. The molecule has 0 fully saturated rings. The van der Waals surface area contributed by atoms with Crippen molar-refractivity contribution in [1.29, 1.82) is 0 Å². The number of ketones is 1. The summed E-state index contributed by atoms with van der Waals surface area (Å²) in [6.45, 7) is 4.69. The number of hydrogen-bond donors (Lipinski definition) is 3. The van der Waals surface area contributed by atoms with Gasteiger partial charge in [-0.3, -0.25) is 14.4 Å². The van der Waals surface area contributed by atoms with Crippen LogP contribution in [0.25, 0.3) is 0 Å². The molecule has 0 spiro atoms. The number of carbonyl (C=O) groups is 3. The Morgan fingerprint density at radius 1 is 0.760 bits per heavy atom. The first kappa shape index (κ1) is 18.2. The molecule has 0 aliphatic heterocycles. The van der Waals surface area contributed by atoms with Crippen LogP contribution in [0.5, 0.6) is 0 Å². The molecule has 0 heterocycles. The molecule has 2 aromatic carbocycles. The minimum absolute atomic E-state index is 0.0179. The van der Waals surface area contributed by atoms with E-state index in [1.807, 2.05) is 0 Å². The minimum atomic E-state index is -0.459. The Labute approximate surface area is 146 Å². The van der Waals surface area contributed by atoms with Crippen molar-refractivity contribution in [3.8, 4) is 0 Å². The average Bonchev–Trinajstić information content (AvgIpc) is 2.56. The van der Waals surface area contributed by atoms with Crippen LogP contribution in [0.2, 0.25) is 0 Å². The monoisotopic (exact) mass is 339 g/mol. The SMILES string of the molecule is CC(=O)Nc1ccc(N[C@H](C)C(=O)Nc2ccc(C(C)=O)cc2)cc1. The topological polar surface area (TPSA) is 87.3 Å². The van der Waals surface area contributed by atoms with Crippen molar-refractivity contribution < 1.29 is 14.4 Å². The molecule has 0 unspecified atom stereocenters. The number of benzene rings is 2. The van der Waals surface area contributed by atoms with Crippen molar-refractivity contribution in [2.75, 3.05) is 16.0 Å². The molecule has 6 heteroatoms. The molecular weight excluding hydrogens is 318 g/mol. The van der Waals surface area contributed by atoms with Crippen LogP contribution < -0.4 is 16.0 Å². The third-order valence-electron chi connectivity index (χ3n) is 3.54. The van der Waals surface area contributed by atoms with Gasteiger partial charge in [0.15, 0.2) is 5.78 Å². The van der Waals surface area contributed by atoms with Crippen LogP contribution in [-0.4, -0.2) is 23.6 Å². The maximum Gasteiger partial charge on any atom is 0.246 e. The fourth-order valence-electron chi connectivity index (χ4n) is 2.21. The second-order valence-electron chi connectivity index (χ2n) is 5.75. The molecule has 0 saturated heterocycles. The maximum absolute atomic E-state index is 12.3. The summed E-state index contributed by atoms with van der Waals surface area (Å²) in [5.41, 5.74) is 2.69. The van der Waals surface area contributed by atoms with Crippen molar-refractivity contribution in [3.05, 3.63) is 54.1 Å². The van der Waals surface area contributed by atoms with Crippen LogP contribution >= 0.6 is 0 Å². The molecule has 0 saturated carbocycles. The highest BCUT2D eigenvalue weighted by molar-refractivity contribution is 5.98. The van der Waals surface area contributed by atoms with Crippen molar-refractivity contribution in [2.45, 2.75) is 26.8 Å². The standard InChI is InChI=1S/C19H21N3O3/c1-12(20-16-8-10-17(11-9-16)21-14(3)24)19(25)22-18-6-4-15(5-7-18)13(2)23/h4-12,20H,1-3H3,(H,21,24)(H,22,25)/t12-/m1/s1. The quantitative estimate of drug-likeness (QED) is 0.705. The normalized spacial score (nSPS) is 11.3. The molecule has 2 aromatic rings. The number of amides is 2. The van der Waals surface area contributed by atoms with Crippen molar-refractivity contribution in [3.63, 3.8) is 0 Å². The summed E-state index contributed by atoms with van der Waals surface area (Å²) in [6, 6.07) is 13.4. The minimum Gasteiger partial charge on any atom is -0.374 e. The third-order valence-corrected chi connectivity index (χ3v) is 3.54. The van der Waals surface area contributed by atoms with Gasteiger partial charge in [0.25, 0.3) is 0 Å². The van der Waals surface area contributed by atoms with E-state index < -0.39 is 6.04 Å². The third kappa shape index (κ3) is 5.46. The number of anilines is 3. The largest absolute Gasteiger partial charge is 0.374 e. The van der Waals surface area contributed by atoms with E-state index in [9.17, 15) is 14.4 Å². The Morgan fingerprint density at radius 2 is 1.24 bits per heavy atom. The summed E-state index contributed by atoms with van der Waals surface area (Å²) in [5.74, 6) is -0.346. The van der Waals surface area contributed by atoms with Gasteiger partial charge >= 0.3 is 0 Å². The molecular formula is C19H21N3O3. The molecule has 2 rings (SSSR count). The number of nitrogens with one attached hydrogen (secondary N) is 3. The van der Waals surface area contributed by atoms with Gasteiger partial charge in [-0.25, -0.2) is 0 Å². The van der Waals surface area contributed by atoms with E-state index in [1.165, 1.54) is 13.8 Å². The van der Waals surface area contributed by atoms with Crippen LogP contribution in [0, 0.1) is 0 Å². The first-order valence-electron chi connectivity index (χ1n) is 7.91. The highest BCUT2D eigenvalue weighted by Crippen LogP contribution is 2.15. The van der Waals surface area contributed by atoms with Gasteiger partial charge in [-0.1, -0.05) is 0 Å². The highest BCUT2D eigenvalue weighted by Gasteiger charge is 2.13. The molecule has 130 valence electrons. The van der Waals surface area contributed by atoms with E-state index in [2.05, 4.69) is 16.0 Å². The molecule has 0 aromatic heterocycles. The van der Waals surface area contributed by atoms with E-state index in [0.29, 0.717) is 16.9 Å². The number of hydrogen-bond acceptors (Lipinski definition) is 4. The van der Waals surface area contributed by atoms with Crippen LogP contribution in [0.3, 0.4) is 0 Å². The molecule has 25 heavy (non-hydrogen) atoms. The van der Waals surface area contributed by atoms with Gasteiger partial charge in [0.1, 0.15) is 6.04 Å². The molecule has 3 N–H and O–H groups in total. The summed E-state index contributed by atoms with van der Waals surface area (Å²) in [5, 5.41) is 8.57. The maximum atomic E-state index is 12.3. The van der Waals surface area contributed by atoms with E-state index in [4.69, 9.17) is 0 Å². The summed E-state index contributed by atoms with van der Waals surface area (Å²) in [4.78, 5) is 34.5. The van der Waals surface area contributed by atoms with Gasteiger partial charge in [0.2, 0.25) is 11.8 Å². The first-order valence-corrected chi connectivity index (χ1v) is 7.91. The van der Waals surface area contributed by atoms with Gasteiger partial charge in [0.05, 0.1) is 0 Å². The lowest BCUT2D eigenvalue weighted by atomic mass is 10.1. The predicted molar refractivity (Wildman–Crippen MR) is 98.9 cm³/mol. The molecule has 0 aliphatic rings. The van der Waals surface area contributed by atoms with E-state index in [1.54, 1.807) is 55.5 Å². The van der Waals surface area contributed by atoms with Crippen LogP contribution in [-0.2, 0) is 9.59 Å². The van der Waals surface area contributed by atoms with E-state index >= 15 is 0 Å². The van der Waals surface area contributed by atoms with E-state index in [-0.39, 0.29) is 17.6 Å². The van der Waals surface area contributed by atoms with Gasteiger partial charge < -0.3 is 16.0 Å². The molecule has 6 nitrogen and oxygen atoms in total. The second-order valence-corrected chi connectivity index (χ2v) is 5.75. The zero-order valence-electron chi connectivity index (χ0n) is 14.4. The van der Waals surface area contributed by atoms with Gasteiger partial charge in [-0.05, 0) is 62.4 Å². The van der Waals surface area contributed by atoms with Gasteiger partial charge in [-0.15, -0.1) is 0 Å². The molecule has 0 bridgehead atoms. The number of rotatable bonds is 6. The number of carbonyl (C=O) groups excluding carboxylic acids is 3. The fraction of sp³-hybridized carbons (Fsp3) is 0.211. The van der Waals surface area contributed by atoms with Crippen LogP contribution in [0.1, 0.15) is 31.1 Å². The van der Waals surface area contributed by atoms with Crippen LogP contribution in [0.4, 0.5) is 17.1 Å². The Balaban J connectivity index is 1.93. The van der Waals surface area contributed by atoms with Gasteiger partial charge in [-0.2, -0.15) is 0 Å². The summed E-state index contributed by atoms with van der Waals surface area (Å²) >= 11 is 0. The molecule has 1 atom stereocenters. The predicted octanol–water partition coefficient (Wildman–Crippen LogP) is 3.29. The zero-order valence-corrected chi connectivity index (χ0v) is 14.4. The Bertz CT molecular complexity index is 768. The highest BCUT2D eigenvalue weighted by atomic mass is 16.2. The summed E-state index contributed by atoms with van der Waals surface area (Å²) < 4.78 is 0. The number of Topliss-reactive ketones (excluding diaryl/α,β-unsaturated/α-hetero) is 1. The lowest BCUT2D eigenvalue weighted by molar-refractivity contribution is -0.116. The lowest BCUT2D eigenvalue weighted by Gasteiger charge is -2.16. The zero-order chi connectivity index (χ0) is 18.4. The molecule has 0 aliphatic carbocycles. The second kappa shape index (κ2) is 8.10. The average molecular weight is 339 g/mol. The Morgan fingerprint density at radius 3 is 1.76 bits per heavy atom. The fourth-order valence-corrected chi connectivity index (χ4v) is 2.21. The smallest absolute Gasteiger partial charge is 0.246 e. The molecule has 2 amide bonds. The molecule has 0 radical (unpaired) electrons.